The number of carbonyl (C=O) groups is 3. The minimum atomic E-state index is -0.423. The van der Waals surface area contributed by atoms with Gasteiger partial charge in [0.1, 0.15) is 0 Å². The van der Waals surface area contributed by atoms with Gasteiger partial charge in [-0.3, -0.25) is 9.59 Å². The molecule has 0 bridgehead atoms. The third-order valence-corrected chi connectivity index (χ3v) is 5.87. The highest BCUT2D eigenvalue weighted by Crippen LogP contribution is 2.38. The van der Waals surface area contributed by atoms with Crippen LogP contribution in [0, 0.1) is 27.7 Å². The first kappa shape index (κ1) is 22.3. The number of aromatic amines is 2. The number of ether oxygens (including phenoxy) is 1. The number of aromatic nitrogens is 2. The van der Waals surface area contributed by atoms with Gasteiger partial charge in [-0.1, -0.05) is 12.1 Å². The van der Waals surface area contributed by atoms with Crippen LogP contribution in [0.4, 0.5) is 0 Å². The van der Waals surface area contributed by atoms with Gasteiger partial charge in [-0.25, -0.2) is 4.79 Å². The lowest BCUT2D eigenvalue weighted by Gasteiger charge is -2.19. The fourth-order valence-corrected chi connectivity index (χ4v) is 4.62. The molecule has 2 heterocycles. The minimum absolute atomic E-state index is 0.0108. The van der Waals surface area contributed by atoms with Gasteiger partial charge in [-0.2, -0.15) is 0 Å². The second-order valence-corrected chi connectivity index (χ2v) is 7.99. The molecule has 0 aliphatic carbocycles. The van der Waals surface area contributed by atoms with E-state index in [-0.39, 0.29) is 17.5 Å². The van der Waals surface area contributed by atoms with Crippen molar-refractivity contribution in [2.24, 2.45) is 0 Å². The molecule has 0 fully saturated rings. The van der Waals surface area contributed by atoms with Crippen molar-refractivity contribution in [3.05, 3.63) is 80.4 Å². The van der Waals surface area contributed by atoms with Crippen molar-refractivity contribution in [1.29, 1.82) is 0 Å². The van der Waals surface area contributed by atoms with Crippen LogP contribution in [0.3, 0.4) is 0 Å². The van der Waals surface area contributed by atoms with Crippen molar-refractivity contribution in [3.8, 4) is 0 Å². The lowest BCUT2D eigenvalue weighted by Crippen LogP contribution is -2.10. The van der Waals surface area contributed by atoms with E-state index in [0.717, 1.165) is 39.5 Å². The van der Waals surface area contributed by atoms with Crippen molar-refractivity contribution < 1.29 is 19.1 Å². The molecule has 0 aliphatic rings. The summed E-state index contributed by atoms with van der Waals surface area (Å²) in [6.45, 7) is 10.7. The summed E-state index contributed by atoms with van der Waals surface area (Å²) in [6.07, 6.45) is 0. The summed E-state index contributed by atoms with van der Waals surface area (Å²) in [6, 6.07) is 7.24. The topological polar surface area (TPSA) is 92.0 Å². The zero-order chi connectivity index (χ0) is 23.0. The molecule has 3 aromatic rings. The summed E-state index contributed by atoms with van der Waals surface area (Å²) in [5.41, 5.74) is 7.61. The molecule has 3 rings (SSSR count). The van der Waals surface area contributed by atoms with E-state index in [2.05, 4.69) is 9.97 Å². The summed E-state index contributed by atoms with van der Waals surface area (Å²) in [5, 5.41) is 0. The number of esters is 1. The van der Waals surface area contributed by atoms with E-state index in [9.17, 15) is 14.4 Å². The molecule has 0 spiro atoms. The molecule has 0 aliphatic heterocycles. The zero-order valence-electron chi connectivity index (χ0n) is 19.0. The third-order valence-electron chi connectivity index (χ3n) is 5.87. The fraction of sp³-hybridized carbons (Fsp3) is 0.320. The predicted molar refractivity (Wildman–Crippen MR) is 119 cm³/mol. The van der Waals surface area contributed by atoms with Gasteiger partial charge in [-0.15, -0.1) is 0 Å². The first-order chi connectivity index (χ1) is 14.6. The lowest BCUT2D eigenvalue weighted by molar-refractivity contribution is 0.0600. The second-order valence-electron chi connectivity index (χ2n) is 7.99. The van der Waals surface area contributed by atoms with Crippen molar-refractivity contribution in [2.75, 3.05) is 7.11 Å². The number of H-pyrrole nitrogens is 2. The molecule has 2 N–H and O–H groups in total. The number of rotatable bonds is 6. The number of benzene rings is 1. The Morgan fingerprint density at radius 2 is 1.32 bits per heavy atom. The maximum absolute atomic E-state index is 12.3. The van der Waals surface area contributed by atoms with E-state index in [1.54, 1.807) is 26.0 Å². The Morgan fingerprint density at radius 1 is 0.839 bits per heavy atom. The van der Waals surface area contributed by atoms with Crippen molar-refractivity contribution in [3.63, 3.8) is 0 Å². The summed E-state index contributed by atoms with van der Waals surface area (Å²) in [4.78, 5) is 43.5. The lowest BCUT2D eigenvalue weighted by atomic mass is 9.86. The molecule has 0 saturated heterocycles. The Hall–Kier alpha value is -3.41. The van der Waals surface area contributed by atoms with Crippen LogP contribution in [0.2, 0.25) is 0 Å². The quantitative estimate of drug-likeness (QED) is 0.436. The molecule has 0 radical (unpaired) electrons. The van der Waals surface area contributed by atoms with E-state index in [1.165, 1.54) is 7.11 Å². The van der Waals surface area contributed by atoms with E-state index in [0.29, 0.717) is 16.7 Å². The van der Waals surface area contributed by atoms with Gasteiger partial charge in [0.05, 0.1) is 18.6 Å². The molecule has 162 valence electrons. The van der Waals surface area contributed by atoms with Crippen LogP contribution in [0.15, 0.2) is 24.3 Å². The van der Waals surface area contributed by atoms with E-state index < -0.39 is 5.97 Å². The molecule has 1 aromatic carbocycles. The molecule has 2 aromatic heterocycles. The van der Waals surface area contributed by atoms with Crippen molar-refractivity contribution in [1.82, 2.24) is 9.97 Å². The second kappa shape index (κ2) is 8.38. The number of carbonyl (C=O) groups excluding carboxylic acids is 3. The highest BCUT2D eigenvalue weighted by atomic mass is 16.5. The molecule has 0 amide bonds. The Kier molecular flexibility index (Phi) is 6.02. The smallest absolute Gasteiger partial charge is 0.337 e. The monoisotopic (exact) mass is 420 g/mol. The molecule has 6 nitrogen and oxygen atoms in total. The maximum atomic E-state index is 12.3. The van der Waals surface area contributed by atoms with Gasteiger partial charge in [0.2, 0.25) is 0 Å². The van der Waals surface area contributed by atoms with Gasteiger partial charge < -0.3 is 14.7 Å². The molecular weight excluding hydrogens is 392 g/mol. The van der Waals surface area contributed by atoms with Gasteiger partial charge in [0.15, 0.2) is 11.6 Å². The number of methoxy groups -OCH3 is 1. The van der Waals surface area contributed by atoms with Crippen LogP contribution >= 0.6 is 0 Å². The predicted octanol–water partition coefficient (Wildman–Crippen LogP) is 4.95. The first-order valence-electron chi connectivity index (χ1n) is 10.2. The summed E-state index contributed by atoms with van der Waals surface area (Å²) in [5.74, 6) is -0.775. The zero-order valence-corrected chi connectivity index (χ0v) is 19.0. The number of hydrogen-bond donors (Lipinski definition) is 2. The number of nitrogens with one attached hydrogen (secondary N) is 2. The van der Waals surface area contributed by atoms with Crippen molar-refractivity contribution in [2.45, 2.75) is 47.5 Å². The fourth-order valence-electron chi connectivity index (χ4n) is 4.62. The molecular formula is C25H28N2O4. The molecule has 0 atom stereocenters. The Morgan fingerprint density at radius 3 is 1.71 bits per heavy atom. The third kappa shape index (κ3) is 3.85. The van der Waals surface area contributed by atoms with Crippen LogP contribution in [-0.4, -0.2) is 34.6 Å². The van der Waals surface area contributed by atoms with Gasteiger partial charge in [0, 0.05) is 33.9 Å². The average Bonchev–Trinajstić information content (AvgIpc) is 3.16. The number of aryl methyl sites for hydroxylation is 2. The van der Waals surface area contributed by atoms with Crippen LogP contribution in [0.5, 0.6) is 0 Å². The van der Waals surface area contributed by atoms with Gasteiger partial charge in [0.25, 0.3) is 0 Å². The standard InChI is InChI=1S/C25H28N2O4/c1-12-20(16(5)28)14(3)26-23(12)22(18-9-8-10-19(11-18)25(30)31-7)24-13(2)21(17(6)29)15(4)27-24/h8-11,22,26-27H,1-7H3. The Labute approximate surface area is 182 Å². The summed E-state index contributed by atoms with van der Waals surface area (Å²) < 4.78 is 4.90. The molecule has 0 unspecified atom stereocenters. The first-order valence-corrected chi connectivity index (χ1v) is 10.2. The summed E-state index contributed by atoms with van der Waals surface area (Å²) in [7, 11) is 1.35. The largest absolute Gasteiger partial charge is 0.465 e. The number of Topliss-reactive ketones (excluding diaryl/α,β-unsaturated/α-hetero) is 2. The Bertz CT molecular complexity index is 1130. The minimum Gasteiger partial charge on any atom is -0.465 e. The highest BCUT2D eigenvalue weighted by Gasteiger charge is 2.29. The maximum Gasteiger partial charge on any atom is 0.337 e. The van der Waals surface area contributed by atoms with Crippen molar-refractivity contribution >= 4 is 17.5 Å². The van der Waals surface area contributed by atoms with Gasteiger partial charge in [-0.05, 0) is 70.4 Å². The van der Waals surface area contributed by atoms with E-state index in [1.807, 2.05) is 39.8 Å². The van der Waals surface area contributed by atoms with Crippen LogP contribution < -0.4 is 0 Å². The van der Waals surface area contributed by atoms with E-state index >= 15 is 0 Å². The van der Waals surface area contributed by atoms with Crippen LogP contribution in [0.1, 0.15) is 90.3 Å². The van der Waals surface area contributed by atoms with E-state index in [4.69, 9.17) is 4.74 Å². The molecule has 31 heavy (non-hydrogen) atoms. The highest BCUT2D eigenvalue weighted by molar-refractivity contribution is 5.98. The van der Waals surface area contributed by atoms with Gasteiger partial charge >= 0.3 is 5.97 Å². The molecule has 6 heteroatoms. The Balaban J connectivity index is 2.33. The average molecular weight is 421 g/mol. The SMILES string of the molecule is COC(=O)c1cccc(C(c2[nH]c(C)c(C(C)=O)c2C)c2[nH]c(C)c(C(C)=O)c2C)c1. The normalized spacial score (nSPS) is 11.1. The number of hydrogen-bond acceptors (Lipinski definition) is 4. The summed E-state index contributed by atoms with van der Waals surface area (Å²) >= 11 is 0. The number of ketones is 2. The van der Waals surface area contributed by atoms with Crippen LogP contribution in [0.25, 0.3) is 0 Å². The molecule has 0 saturated carbocycles. The van der Waals surface area contributed by atoms with Crippen LogP contribution in [-0.2, 0) is 4.74 Å².